The van der Waals surface area contributed by atoms with Gasteiger partial charge in [-0.2, -0.15) is 0 Å². The van der Waals surface area contributed by atoms with Crippen molar-refractivity contribution in [1.29, 1.82) is 0 Å². The molecule has 1 saturated heterocycles. The van der Waals surface area contributed by atoms with E-state index in [1.807, 2.05) is 6.07 Å². The molecule has 1 fully saturated rings. The largest absolute Gasteiger partial charge is 0.506 e. The summed E-state index contributed by atoms with van der Waals surface area (Å²) in [4.78, 5) is 2.48. The molecule has 2 N–H and O–H groups in total. The van der Waals surface area contributed by atoms with Crippen molar-refractivity contribution >= 4 is 17.3 Å². The Morgan fingerprint density at radius 2 is 1.82 bits per heavy atom. The molecule has 0 spiro atoms. The Morgan fingerprint density at radius 1 is 1.09 bits per heavy atom. The zero-order chi connectivity index (χ0) is 15.4. The van der Waals surface area contributed by atoms with Crippen LogP contribution < -0.4 is 5.32 Å². The van der Waals surface area contributed by atoms with Crippen molar-refractivity contribution in [2.24, 2.45) is 0 Å². The Kier molecular flexibility index (Phi) is 4.86. The van der Waals surface area contributed by atoms with E-state index < -0.39 is 0 Å². The monoisotopic (exact) mass is 316 g/mol. The first kappa shape index (κ1) is 15.2. The maximum Gasteiger partial charge on any atom is 0.140 e. The van der Waals surface area contributed by atoms with E-state index in [0.717, 1.165) is 38.2 Å². The summed E-state index contributed by atoms with van der Waals surface area (Å²) < 4.78 is 0. The highest BCUT2D eigenvalue weighted by Gasteiger charge is 2.19. The van der Waals surface area contributed by atoms with Gasteiger partial charge in [-0.25, -0.2) is 0 Å². The summed E-state index contributed by atoms with van der Waals surface area (Å²) in [5, 5.41) is 13.9. The Hall–Kier alpha value is -1.71. The molecule has 1 aliphatic rings. The van der Waals surface area contributed by atoms with Gasteiger partial charge in [0.25, 0.3) is 0 Å². The molecule has 0 atom stereocenters. The number of halogens is 1. The Bertz CT molecular complexity index is 610. The van der Waals surface area contributed by atoms with Gasteiger partial charge in [0.15, 0.2) is 0 Å². The van der Waals surface area contributed by atoms with Crippen molar-refractivity contribution in [2.75, 3.05) is 18.4 Å². The number of phenols is 1. The molecule has 0 amide bonds. The number of nitrogens with one attached hydrogen (secondary N) is 1. The predicted molar refractivity (Wildman–Crippen MR) is 91.5 cm³/mol. The number of hydrogen-bond donors (Lipinski definition) is 2. The molecule has 0 radical (unpaired) electrons. The summed E-state index contributed by atoms with van der Waals surface area (Å²) in [5.74, 6) is 0.221. The summed E-state index contributed by atoms with van der Waals surface area (Å²) in [6.07, 6.45) is 2.16. The molecule has 0 saturated carbocycles. The number of benzene rings is 2. The van der Waals surface area contributed by atoms with Gasteiger partial charge in [-0.1, -0.05) is 41.9 Å². The molecular weight excluding hydrogens is 296 g/mol. The van der Waals surface area contributed by atoms with E-state index in [9.17, 15) is 5.11 Å². The molecule has 2 aromatic carbocycles. The van der Waals surface area contributed by atoms with Gasteiger partial charge in [-0.3, -0.25) is 4.90 Å². The lowest BCUT2D eigenvalue weighted by molar-refractivity contribution is 0.211. The number of anilines is 1. The van der Waals surface area contributed by atoms with E-state index in [4.69, 9.17) is 11.6 Å². The number of aromatic hydroxyl groups is 1. The second-order valence-electron chi connectivity index (χ2n) is 5.84. The molecule has 1 heterocycles. The molecule has 0 unspecified atom stereocenters. The van der Waals surface area contributed by atoms with Crippen LogP contribution in [-0.4, -0.2) is 29.1 Å². The maximum atomic E-state index is 9.91. The molecule has 2 aromatic rings. The fraction of sp³-hybridized carbons (Fsp3) is 0.333. The summed E-state index contributed by atoms with van der Waals surface area (Å²) in [6, 6.07) is 16.2. The van der Waals surface area contributed by atoms with Crippen LogP contribution in [0.4, 0.5) is 5.69 Å². The van der Waals surface area contributed by atoms with Gasteiger partial charge in [-0.15, -0.1) is 0 Å². The topological polar surface area (TPSA) is 35.5 Å². The number of hydrogen-bond acceptors (Lipinski definition) is 3. The van der Waals surface area contributed by atoms with Crippen LogP contribution in [0.15, 0.2) is 48.5 Å². The minimum Gasteiger partial charge on any atom is -0.506 e. The number of likely N-dealkylation sites (tertiary alicyclic amines) is 1. The third-order valence-corrected chi connectivity index (χ3v) is 4.39. The summed E-state index contributed by atoms with van der Waals surface area (Å²) in [5.41, 5.74) is 2.13. The summed E-state index contributed by atoms with van der Waals surface area (Å²) >= 11 is 5.86. The molecular formula is C18H21ClN2O. The maximum absolute atomic E-state index is 9.91. The first-order valence-corrected chi connectivity index (χ1v) is 8.10. The fourth-order valence-corrected chi connectivity index (χ4v) is 3.09. The van der Waals surface area contributed by atoms with E-state index in [1.54, 1.807) is 12.1 Å². The molecule has 4 heteroatoms. The fourth-order valence-electron chi connectivity index (χ4n) is 2.92. The van der Waals surface area contributed by atoms with Crippen molar-refractivity contribution in [3.05, 3.63) is 59.1 Å². The van der Waals surface area contributed by atoms with Gasteiger partial charge in [0.05, 0.1) is 5.69 Å². The third-order valence-electron chi connectivity index (χ3n) is 4.16. The van der Waals surface area contributed by atoms with Crippen LogP contribution >= 0.6 is 11.6 Å². The highest BCUT2D eigenvalue weighted by molar-refractivity contribution is 6.30. The molecule has 116 valence electrons. The standard InChI is InChI=1S/C18H21ClN2O/c19-15-6-7-17(18(22)12-15)20-16-8-10-21(11-9-16)13-14-4-2-1-3-5-14/h1-7,12,16,20,22H,8-11,13H2. The predicted octanol–water partition coefficient (Wildman–Crippen LogP) is 4.12. The van der Waals surface area contributed by atoms with E-state index >= 15 is 0 Å². The molecule has 3 rings (SSSR count). The molecule has 22 heavy (non-hydrogen) atoms. The zero-order valence-electron chi connectivity index (χ0n) is 12.5. The van der Waals surface area contributed by atoms with Gasteiger partial charge in [0.1, 0.15) is 5.75 Å². The second kappa shape index (κ2) is 7.03. The molecule has 1 aliphatic heterocycles. The quantitative estimate of drug-likeness (QED) is 0.833. The lowest BCUT2D eigenvalue weighted by Gasteiger charge is -2.33. The highest BCUT2D eigenvalue weighted by atomic mass is 35.5. The van der Waals surface area contributed by atoms with Gasteiger partial charge in [0.2, 0.25) is 0 Å². The van der Waals surface area contributed by atoms with Crippen molar-refractivity contribution in [3.63, 3.8) is 0 Å². The minimum atomic E-state index is 0.221. The lowest BCUT2D eigenvalue weighted by atomic mass is 10.0. The number of phenolic OH excluding ortho intramolecular Hbond substituents is 1. The van der Waals surface area contributed by atoms with Crippen LogP contribution in [-0.2, 0) is 6.54 Å². The Labute approximate surface area is 136 Å². The van der Waals surface area contributed by atoms with E-state index in [1.165, 1.54) is 5.56 Å². The summed E-state index contributed by atoms with van der Waals surface area (Å²) in [6.45, 7) is 3.15. The highest BCUT2D eigenvalue weighted by Crippen LogP contribution is 2.28. The Morgan fingerprint density at radius 3 is 2.50 bits per heavy atom. The molecule has 0 aliphatic carbocycles. The van der Waals surface area contributed by atoms with E-state index in [-0.39, 0.29) is 5.75 Å². The average Bonchev–Trinajstić information content (AvgIpc) is 2.53. The molecule has 0 bridgehead atoms. The van der Waals surface area contributed by atoms with Gasteiger partial charge in [0, 0.05) is 36.8 Å². The van der Waals surface area contributed by atoms with Gasteiger partial charge in [-0.05, 0) is 30.5 Å². The van der Waals surface area contributed by atoms with Crippen LogP contribution in [0.3, 0.4) is 0 Å². The van der Waals surface area contributed by atoms with Crippen LogP contribution in [0.2, 0.25) is 5.02 Å². The van der Waals surface area contributed by atoms with Crippen molar-refractivity contribution in [2.45, 2.75) is 25.4 Å². The third kappa shape index (κ3) is 3.93. The smallest absolute Gasteiger partial charge is 0.140 e. The van der Waals surface area contributed by atoms with Crippen molar-refractivity contribution < 1.29 is 5.11 Å². The van der Waals surface area contributed by atoms with Crippen LogP contribution in [0.25, 0.3) is 0 Å². The number of nitrogens with zero attached hydrogens (tertiary/aromatic N) is 1. The molecule has 3 nitrogen and oxygen atoms in total. The Balaban J connectivity index is 1.51. The van der Waals surface area contributed by atoms with E-state index in [2.05, 4.69) is 40.5 Å². The molecule has 0 aromatic heterocycles. The average molecular weight is 317 g/mol. The van der Waals surface area contributed by atoms with E-state index in [0.29, 0.717) is 11.1 Å². The van der Waals surface area contributed by atoms with Gasteiger partial charge >= 0.3 is 0 Å². The van der Waals surface area contributed by atoms with Crippen LogP contribution in [0, 0.1) is 0 Å². The SMILES string of the molecule is Oc1cc(Cl)ccc1NC1CCN(Cc2ccccc2)CC1. The minimum absolute atomic E-state index is 0.221. The van der Waals surface area contributed by atoms with Crippen molar-refractivity contribution in [1.82, 2.24) is 4.90 Å². The van der Waals surface area contributed by atoms with Crippen LogP contribution in [0.1, 0.15) is 18.4 Å². The first-order chi connectivity index (χ1) is 10.7. The number of rotatable bonds is 4. The summed E-state index contributed by atoms with van der Waals surface area (Å²) in [7, 11) is 0. The second-order valence-corrected chi connectivity index (χ2v) is 6.28. The first-order valence-electron chi connectivity index (χ1n) is 7.72. The van der Waals surface area contributed by atoms with Crippen molar-refractivity contribution in [3.8, 4) is 5.75 Å². The van der Waals surface area contributed by atoms with Crippen LogP contribution in [0.5, 0.6) is 5.75 Å². The van der Waals surface area contributed by atoms with Gasteiger partial charge < -0.3 is 10.4 Å². The zero-order valence-corrected chi connectivity index (χ0v) is 13.3. The normalized spacial score (nSPS) is 16.6. The number of piperidine rings is 1. The lowest BCUT2D eigenvalue weighted by Crippen LogP contribution is -2.38.